The first kappa shape index (κ1) is 17.0. The molecule has 0 aliphatic carbocycles. The summed E-state index contributed by atoms with van der Waals surface area (Å²) in [6.45, 7) is 3.73. The number of anilines is 2. The number of hydrogen-bond donors (Lipinski definition) is 1. The molecule has 126 valence electrons. The van der Waals surface area contributed by atoms with Crippen molar-refractivity contribution in [2.75, 3.05) is 18.4 Å². The highest BCUT2D eigenvalue weighted by Gasteiger charge is 2.18. The minimum atomic E-state index is 0.0348. The number of aromatic nitrogens is 1. The smallest absolute Gasteiger partial charge is 0.272 e. The number of nitrogens with zero attached hydrogens (tertiary/aromatic N) is 2. The molecule has 1 amide bonds. The van der Waals surface area contributed by atoms with Crippen LogP contribution in [0.3, 0.4) is 0 Å². The summed E-state index contributed by atoms with van der Waals surface area (Å²) in [5.74, 6) is 0.0348. The number of halogens is 1. The summed E-state index contributed by atoms with van der Waals surface area (Å²) in [5, 5.41) is 3.35. The zero-order chi connectivity index (χ0) is 16.9. The first-order valence-electron chi connectivity index (χ1n) is 8.42. The van der Waals surface area contributed by atoms with Crippen LogP contribution in [-0.2, 0) is 0 Å². The number of nitrogens with one attached hydrogen (secondary N) is 1. The van der Waals surface area contributed by atoms with E-state index in [9.17, 15) is 4.79 Å². The Hall–Kier alpha value is -1.88. The van der Waals surface area contributed by atoms with Crippen LogP contribution in [0, 0.1) is 6.92 Å². The van der Waals surface area contributed by atoms with E-state index in [0.717, 1.165) is 47.3 Å². The van der Waals surface area contributed by atoms with Crippen LogP contribution >= 0.6 is 15.9 Å². The van der Waals surface area contributed by atoms with Crippen LogP contribution in [0.5, 0.6) is 0 Å². The summed E-state index contributed by atoms with van der Waals surface area (Å²) in [6.07, 6.45) is 6.28. The number of rotatable bonds is 3. The SMILES string of the molecule is Cc1cc(Nc2ccnc(C(=O)N3CCCCCC3)c2)ccc1Br. The zero-order valence-corrected chi connectivity index (χ0v) is 15.5. The average Bonchev–Trinajstić information content (AvgIpc) is 2.87. The van der Waals surface area contributed by atoms with Crippen LogP contribution in [0.15, 0.2) is 41.0 Å². The molecule has 1 fully saturated rings. The molecule has 0 radical (unpaired) electrons. The average molecular weight is 388 g/mol. The van der Waals surface area contributed by atoms with Gasteiger partial charge >= 0.3 is 0 Å². The highest BCUT2D eigenvalue weighted by Crippen LogP contribution is 2.23. The first-order valence-corrected chi connectivity index (χ1v) is 9.21. The van der Waals surface area contributed by atoms with Crippen molar-refractivity contribution in [2.45, 2.75) is 32.6 Å². The third-order valence-electron chi connectivity index (χ3n) is 4.32. The summed E-state index contributed by atoms with van der Waals surface area (Å²) in [4.78, 5) is 18.9. The van der Waals surface area contributed by atoms with Crippen molar-refractivity contribution in [1.29, 1.82) is 0 Å². The maximum Gasteiger partial charge on any atom is 0.272 e. The van der Waals surface area contributed by atoms with Gasteiger partial charge in [0.1, 0.15) is 5.69 Å². The Morgan fingerprint density at radius 3 is 2.50 bits per heavy atom. The van der Waals surface area contributed by atoms with Gasteiger partial charge in [0.2, 0.25) is 0 Å². The molecule has 1 aromatic heterocycles. The number of carbonyl (C=O) groups is 1. The third kappa shape index (κ3) is 4.15. The van der Waals surface area contributed by atoms with E-state index in [1.54, 1.807) is 6.20 Å². The van der Waals surface area contributed by atoms with Gasteiger partial charge in [-0.2, -0.15) is 0 Å². The van der Waals surface area contributed by atoms with E-state index >= 15 is 0 Å². The summed E-state index contributed by atoms with van der Waals surface area (Å²) in [6, 6.07) is 9.82. The van der Waals surface area contributed by atoms with Crippen molar-refractivity contribution in [3.05, 3.63) is 52.3 Å². The summed E-state index contributed by atoms with van der Waals surface area (Å²) in [7, 11) is 0. The Morgan fingerprint density at radius 1 is 1.08 bits per heavy atom. The number of likely N-dealkylation sites (tertiary alicyclic amines) is 1. The standard InChI is InChI=1S/C19H22BrN3O/c1-14-12-15(6-7-17(14)20)22-16-8-9-21-18(13-16)19(24)23-10-4-2-3-5-11-23/h6-9,12-13H,2-5,10-11H2,1H3,(H,21,22). The van der Waals surface area contributed by atoms with Gasteiger partial charge in [-0.3, -0.25) is 9.78 Å². The van der Waals surface area contributed by atoms with Crippen LogP contribution < -0.4 is 5.32 Å². The Balaban J connectivity index is 1.75. The molecule has 1 N–H and O–H groups in total. The zero-order valence-electron chi connectivity index (χ0n) is 13.9. The molecular formula is C19H22BrN3O. The van der Waals surface area contributed by atoms with Gasteiger partial charge in [-0.05, 0) is 55.7 Å². The molecule has 2 aromatic rings. The summed E-state index contributed by atoms with van der Waals surface area (Å²) >= 11 is 3.51. The Labute approximate surface area is 151 Å². The fourth-order valence-corrected chi connectivity index (χ4v) is 3.20. The lowest BCUT2D eigenvalue weighted by Gasteiger charge is -2.20. The van der Waals surface area contributed by atoms with Gasteiger partial charge < -0.3 is 10.2 Å². The van der Waals surface area contributed by atoms with Crippen LogP contribution in [0.4, 0.5) is 11.4 Å². The molecule has 2 heterocycles. The van der Waals surface area contributed by atoms with Crippen LogP contribution in [0.2, 0.25) is 0 Å². The first-order chi connectivity index (χ1) is 11.6. The van der Waals surface area contributed by atoms with Crippen LogP contribution in [0.25, 0.3) is 0 Å². The molecule has 4 nitrogen and oxygen atoms in total. The van der Waals surface area contributed by atoms with E-state index in [2.05, 4.69) is 39.2 Å². The fraction of sp³-hybridized carbons (Fsp3) is 0.368. The van der Waals surface area contributed by atoms with Gasteiger partial charge in [-0.1, -0.05) is 28.8 Å². The van der Waals surface area contributed by atoms with Crippen molar-refractivity contribution in [1.82, 2.24) is 9.88 Å². The number of pyridine rings is 1. The van der Waals surface area contributed by atoms with Gasteiger partial charge in [-0.15, -0.1) is 0 Å². The highest BCUT2D eigenvalue weighted by molar-refractivity contribution is 9.10. The van der Waals surface area contributed by atoms with E-state index in [4.69, 9.17) is 0 Å². The second kappa shape index (κ2) is 7.79. The molecule has 1 aromatic carbocycles. The normalized spacial score (nSPS) is 15.0. The highest BCUT2D eigenvalue weighted by atomic mass is 79.9. The minimum Gasteiger partial charge on any atom is -0.355 e. The lowest BCUT2D eigenvalue weighted by Crippen LogP contribution is -2.32. The number of benzene rings is 1. The van der Waals surface area contributed by atoms with E-state index in [1.165, 1.54) is 12.8 Å². The molecule has 0 atom stereocenters. The van der Waals surface area contributed by atoms with Gasteiger partial charge in [0.05, 0.1) is 0 Å². The van der Waals surface area contributed by atoms with Crippen molar-refractivity contribution in [2.24, 2.45) is 0 Å². The topological polar surface area (TPSA) is 45.2 Å². The fourth-order valence-electron chi connectivity index (χ4n) is 2.95. The molecule has 0 spiro atoms. The van der Waals surface area contributed by atoms with Gasteiger partial charge in [-0.25, -0.2) is 0 Å². The molecule has 1 saturated heterocycles. The maximum absolute atomic E-state index is 12.7. The Kier molecular flexibility index (Phi) is 5.51. The second-order valence-electron chi connectivity index (χ2n) is 6.23. The van der Waals surface area contributed by atoms with Crippen molar-refractivity contribution >= 4 is 33.2 Å². The largest absolute Gasteiger partial charge is 0.355 e. The summed E-state index contributed by atoms with van der Waals surface area (Å²) < 4.78 is 1.08. The molecule has 3 rings (SSSR count). The monoisotopic (exact) mass is 387 g/mol. The lowest BCUT2D eigenvalue weighted by atomic mass is 10.2. The quantitative estimate of drug-likeness (QED) is 0.813. The second-order valence-corrected chi connectivity index (χ2v) is 7.08. The molecule has 24 heavy (non-hydrogen) atoms. The summed E-state index contributed by atoms with van der Waals surface area (Å²) in [5.41, 5.74) is 3.55. The molecule has 5 heteroatoms. The van der Waals surface area contributed by atoms with Crippen LogP contribution in [-0.4, -0.2) is 28.9 Å². The van der Waals surface area contributed by atoms with Crippen molar-refractivity contribution < 1.29 is 4.79 Å². The van der Waals surface area contributed by atoms with E-state index in [-0.39, 0.29) is 5.91 Å². The molecule has 0 bridgehead atoms. The number of aryl methyl sites for hydroxylation is 1. The molecule has 0 saturated carbocycles. The molecule has 0 unspecified atom stereocenters. The maximum atomic E-state index is 12.7. The van der Waals surface area contributed by atoms with Crippen molar-refractivity contribution in [3.63, 3.8) is 0 Å². The van der Waals surface area contributed by atoms with Crippen molar-refractivity contribution in [3.8, 4) is 0 Å². The minimum absolute atomic E-state index is 0.0348. The van der Waals surface area contributed by atoms with Crippen LogP contribution in [0.1, 0.15) is 41.7 Å². The van der Waals surface area contributed by atoms with Gasteiger partial charge in [0.25, 0.3) is 5.91 Å². The third-order valence-corrected chi connectivity index (χ3v) is 5.21. The van der Waals surface area contributed by atoms with E-state index in [0.29, 0.717) is 5.69 Å². The number of carbonyl (C=O) groups excluding carboxylic acids is 1. The Morgan fingerprint density at radius 2 is 1.79 bits per heavy atom. The predicted octanol–water partition coefficient (Wildman–Crippen LogP) is 4.91. The lowest BCUT2D eigenvalue weighted by molar-refractivity contribution is 0.0756. The van der Waals surface area contributed by atoms with Gasteiger partial charge in [0.15, 0.2) is 0 Å². The Bertz CT molecular complexity index is 724. The number of hydrogen-bond acceptors (Lipinski definition) is 3. The molecule has 1 aliphatic rings. The van der Waals surface area contributed by atoms with E-state index in [1.807, 2.05) is 29.2 Å². The van der Waals surface area contributed by atoms with Gasteiger partial charge in [0, 0.05) is 35.1 Å². The molecular weight excluding hydrogens is 366 g/mol. The number of amides is 1. The predicted molar refractivity (Wildman–Crippen MR) is 101 cm³/mol. The van der Waals surface area contributed by atoms with E-state index < -0.39 is 0 Å². The molecule has 1 aliphatic heterocycles.